The fourth-order valence-corrected chi connectivity index (χ4v) is 8.94. The number of carbonyl (C=O) groups is 3. The Morgan fingerprint density at radius 1 is 0.296 bits per heavy atom. The molecule has 0 aromatic heterocycles. The Morgan fingerprint density at radius 3 is 0.859 bits per heavy atom. The minimum Gasteiger partial charge on any atom is -0.462 e. The van der Waals surface area contributed by atoms with Crippen LogP contribution in [0, 0.1) is 0 Å². The van der Waals surface area contributed by atoms with E-state index in [2.05, 4.69) is 81.5 Å². The van der Waals surface area contributed by atoms with E-state index in [0.717, 1.165) is 96.3 Å². The van der Waals surface area contributed by atoms with Crippen molar-refractivity contribution in [3.05, 3.63) is 60.8 Å². The summed E-state index contributed by atoms with van der Waals surface area (Å²) in [5, 5.41) is 0. The molecule has 0 N–H and O–H groups in total. The maximum atomic E-state index is 12.9. The van der Waals surface area contributed by atoms with E-state index in [1.165, 1.54) is 180 Å². The normalized spacial score (nSPS) is 12.4. The summed E-state index contributed by atoms with van der Waals surface area (Å²) in [6, 6.07) is 0. The van der Waals surface area contributed by atoms with Crippen LogP contribution in [0.4, 0.5) is 0 Å². The largest absolute Gasteiger partial charge is 0.462 e. The van der Waals surface area contributed by atoms with Crippen molar-refractivity contribution in [2.45, 2.75) is 322 Å². The summed E-state index contributed by atoms with van der Waals surface area (Å²) < 4.78 is 16.9. The Bertz CT molecular complexity index is 1280. The van der Waals surface area contributed by atoms with Crippen LogP contribution in [-0.4, -0.2) is 37.2 Å². The van der Waals surface area contributed by atoms with Crippen molar-refractivity contribution >= 4 is 17.9 Å². The Morgan fingerprint density at radius 2 is 0.549 bits per heavy atom. The van der Waals surface area contributed by atoms with Gasteiger partial charge < -0.3 is 14.2 Å². The molecular formula is C65H116O6. The van der Waals surface area contributed by atoms with Crippen molar-refractivity contribution in [1.29, 1.82) is 0 Å². The van der Waals surface area contributed by atoms with E-state index in [-0.39, 0.29) is 31.1 Å². The van der Waals surface area contributed by atoms with Crippen molar-refractivity contribution in [2.24, 2.45) is 0 Å². The minimum absolute atomic E-state index is 0.0804. The van der Waals surface area contributed by atoms with E-state index in [1.807, 2.05) is 0 Å². The zero-order valence-corrected chi connectivity index (χ0v) is 47.2. The highest BCUT2D eigenvalue weighted by molar-refractivity contribution is 5.71. The van der Waals surface area contributed by atoms with E-state index >= 15 is 0 Å². The molecule has 6 nitrogen and oxygen atoms in total. The average molecular weight is 994 g/mol. The van der Waals surface area contributed by atoms with Gasteiger partial charge in [-0.05, 0) is 64.2 Å². The molecule has 0 saturated carbocycles. The van der Waals surface area contributed by atoms with Crippen LogP contribution < -0.4 is 0 Å². The molecule has 0 aliphatic rings. The van der Waals surface area contributed by atoms with Crippen LogP contribution >= 0.6 is 0 Å². The minimum atomic E-state index is -0.785. The molecule has 0 bridgehead atoms. The highest BCUT2D eigenvalue weighted by Crippen LogP contribution is 2.17. The molecule has 0 aromatic rings. The Labute approximate surface area is 440 Å². The average Bonchev–Trinajstić information content (AvgIpc) is 3.37. The van der Waals surface area contributed by atoms with Gasteiger partial charge in [-0.2, -0.15) is 0 Å². The van der Waals surface area contributed by atoms with Crippen molar-refractivity contribution in [2.75, 3.05) is 13.2 Å². The maximum absolute atomic E-state index is 12.9. The topological polar surface area (TPSA) is 78.9 Å². The van der Waals surface area contributed by atoms with Gasteiger partial charge in [0.05, 0.1) is 0 Å². The molecule has 0 saturated heterocycles. The van der Waals surface area contributed by atoms with Crippen molar-refractivity contribution in [3.8, 4) is 0 Å². The van der Waals surface area contributed by atoms with Gasteiger partial charge in [0, 0.05) is 19.3 Å². The molecular weight excluding hydrogens is 877 g/mol. The summed E-state index contributed by atoms with van der Waals surface area (Å²) in [4.78, 5) is 38.2. The van der Waals surface area contributed by atoms with Gasteiger partial charge in [-0.3, -0.25) is 14.4 Å². The third-order valence-electron chi connectivity index (χ3n) is 13.5. The second-order valence-electron chi connectivity index (χ2n) is 20.6. The number of allylic oxidation sites excluding steroid dienone is 10. The molecule has 0 heterocycles. The quantitative estimate of drug-likeness (QED) is 0.0261. The second-order valence-corrected chi connectivity index (χ2v) is 20.6. The fourth-order valence-electron chi connectivity index (χ4n) is 8.94. The SMILES string of the molecule is CC/C=C\C/C=C\C/C=C\C/C=C\C/C=C\CCCCCC(=O)OC[C@H](COC(=O)CCCCCCCCCCCCCCCCCCCCCCC)OC(=O)CCCCCCCCCCCCCCC. The Hall–Kier alpha value is -2.89. The third-order valence-corrected chi connectivity index (χ3v) is 13.5. The lowest BCUT2D eigenvalue weighted by Crippen LogP contribution is -2.30. The Kier molecular flexibility index (Phi) is 57.2. The van der Waals surface area contributed by atoms with Gasteiger partial charge in [0.1, 0.15) is 13.2 Å². The fraction of sp³-hybridized carbons (Fsp3) is 0.800. The van der Waals surface area contributed by atoms with Gasteiger partial charge >= 0.3 is 17.9 Å². The summed E-state index contributed by atoms with van der Waals surface area (Å²) in [7, 11) is 0. The monoisotopic (exact) mass is 993 g/mol. The van der Waals surface area contributed by atoms with Crippen LogP contribution in [0.5, 0.6) is 0 Å². The first-order chi connectivity index (χ1) is 35.0. The van der Waals surface area contributed by atoms with Crippen molar-refractivity contribution in [1.82, 2.24) is 0 Å². The molecule has 0 unspecified atom stereocenters. The number of unbranched alkanes of at least 4 members (excludes halogenated alkanes) is 35. The van der Waals surface area contributed by atoms with E-state index < -0.39 is 6.10 Å². The zero-order valence-electron chi connectivity index (χ0n) is 47.2. The molecule has 0 aliphatic heterocycles. The number of esters is 3. The molecule has 71 heavy (non-hydrogen) atoms. The summed E-state index contributed by atoms with van der Waals surface area (Å²) in [5.41, 5.74) is 0. The van der Waals surface area contributed by atoms with Gasteiger partial charge in [-0.15, -0.1) is 0 Å². The highest BCUT2D eigenvalue weighted by atomic mass is 16.6. The Balaban J connectivity index is 4.34. The van der Waals surface area contributed by atoms with Gasteiger partial charge in [0.15, 0.2) is 6.10 Å². The standard InChI is InChI=1S/C65H116O6/c1-4-7-10-13-16-19-22-25-27-29-31-32-34-36-38-41-43-46-49-52-55-58-64(67)70-61-62(71-65(68)59-56-53-50-47-44-39-24-21-18-15-12-9-6-3)60-69-63(66)57-54-51-48-45-42-40-37-35-33-30-28-26-23-20-17-14-11-8-5-2/h8,11,17,20,26,28,33,35,40,42,62H,4-7,9-10,12-16,18-19,21-25,27,29-32,34,36-39,41,43-61H2,1-3H3/b11-8-,20-17-,28-26-,35-33-,42-40-/t62-/m1/s1. The predicted molar refractivity (Wildman–Crippen MR) is 307 cm³/mol. The molecule has 6 heteroatoms. The molecule has 1 atom stereocenters. The van der Waals surface area contributed by atoms with Crippen LogP contribution in [0.3, 0.4) is 0 Å². The molecule has 412 valence electrons. The third kappa shape index (κ3) is 57.9. The lowest BCUT2D eigenvalue weighted by atomic mass is 10.0. The van der Waals surface area contributed by atoms with E-state index in [0.29, 0.717) is 19.3 Å². The highest BCUT2D eigenvalue weighted by Gasteiger charge is 2.19. The molecule has 0 fully saturated rings. The smallest absolute Gasteiger partial charge is 0.306 e. The number of ether oxygens (including phenoxy) is 3. The van der Waals surface area contributed by atoms with Crippen LogP contribution in [0.15, 0.2) is 60.8 Å². The molecule has 0 aliphatic carbocycles. The van der Waals surface area contributed by atoms with Gasteiger partial charge in [0.2, 0.25) is 0 Å². The first kappa shape index (κ1) is 68.1. The number of hydrogen-bond acceptors (Lipinski definition) is 6. The first-order valence-corrected chi connectivity index (χ1v) is 30.8. The van der Waals surface area contributed by atoms with Crippen LogP contribution in [-0.2, 0) is 28.6 Å². The van der Waals surface area contributed by atoms with Gasteiger partial charge in [-0.1, -0.05) is 293 Å². The number of hydrogen-bond donors (Lipinski definition) is 0. The van der Waals surface area contributed by atoms with Crippen molar-refractivity contribution in [3.63, 3.8) is 0 Å². The zero-order chi connectivity index (χ0) is 51.4. The predicted octanol–water partition coefficient (Wildman–Crippen LogP) is 20.8. The number of carbonyl (C=O) groups excluding carboxylic acids is 3. The maximum Gasteiger partial charge on any atom is 0.306 e. The van der Waals surface area contributed by atoms with Gasteiger partial charge in [0.25, 0.3) is 0 Å². The summed E-state index contributed by atoms with van der Waals surface area (Å²) in [6.45, 7) is 6.54. The lowest BCUT2D eigenvalue weighted by Gasteiger charge is -2.18. The van der Waals surface area contributed by atoms with E-state index in [4.69, 9.17) is 14.2 Å². The van der Waals surface area contributed by atoms with Crippen LogP contribution in [0.1, 0.15) is 316 Å². The first-order valence-electron chi connectivity index (χ1n) is 30.8. The molecule has 0 rings (SSSR count). The summed E-state index contributed by atoms with van der Waals surface area (Å²) in [5.74, 6) is -0.896. The second kappa shape index (κ2) is 59.7. The molecule has 0 radical (unpaired) electrons. The van der Waals surface area contributed by atoms with Crippen molar-refractivity contribution < 1.29 is 28.6 Å². The molecule has 0 spiro atoms. The number of rotatable bonds is 56. The van der Waals surface area contributed by atoms with E-state index in [1.54, 1.807) is 0 Å². The summed E-state index contributed by atoms with van der Waals surface area (Å²) >= 11 is 0. The molecule has 0 amide bonds. The van der Waals surface area contributed by atoms with Crippen LogP contribution in [0.2, 0.25) is 0 Å². The van der Waals surface area contributed by atoms with Gasteiger partial charge in [-0.25, -0.2) is 0 Å². The molecule has 0 aromatic carbocycles. The van der Waals surface area contributed by atoms with Crippen LogP contribution in [0.25, 0.3) is 0 Å². The lowest BCUT2D eigenvalue weighted by molar-refractivity contribution is -0.167. The summed E-state index contributed by atoms with van der Waals surface area (Å²) in [6.07, 6.45) is 75.1. The van der Waals surface area contributed by atoms with E-state index in [9.17, 15) is 14.4 Å².